The summed E-state index contributed by atoms with van der Waals surface area (Å²) in [5.41, 5.74) is 4.99. The molecular formula is C12H21N3O4. The van der Waals surface area contributed by atoms with E-state index in [-0.39, 0.29) is 18.5 Å². The van der Waals surface area contributed by atoms with E-state index in [2.05, 4.69) is 5.32 Å². The number of amides is 3. The lowest BCUT2D eigenvalue weighted by atomic mass is 10.0. The lowest BCUT2D eigenvalue weighted by Crippen LogP contribution is -2.55. The summed E-state index contributed by atoms with van der Waals surface area (Å²) < 4.78 is 4.98. The smallest absolute Gasteiger partial charge is 0.328 e. The van der Waals surface area contributed by atoms with Crippen LogP contribution in [0.2, 0.25) is 0 Å². The van der Waals surface area contributed by atoms with Crippen LogP contribution in [-0.4, -0.2) is 48.0 Å². The summed E-state index contributed by atoms with van der Waals surface area (Å²) in [6.45, 7) is 4.05. The van der Waals surface area contributed by atoms with Gasteiger partial charge in [-0.1, -0.05) is 0 Å². The molecule has 0 aromatic carbocycles. The number of nitrogens with two attached hydrogens (primary N) is 1. The van der Waals surface area contributed by atoms with Gasteiger partial charge in [-0.3, -0.25) is 4.79 Å². The summed E-state index contributed by atoms with van der Waals surface area (Å²) in [7, 11) is 0. The summed E-state index contributed by atoms with van der Waals surface area (Å²) >= 11 is 0. The molecule has 7 nitrogen and oxygen atoms in total. The number of carbonyl (C=O) groups is 3. The maximum atomic E-state index is 12.2. The molecule has 1 rings (SSSR count). The van der Waals surface area contributed by atoms with E-state index in [1.54, 1.807) is 13.8 Å². The zero-order valence-corrected chi connectivity index (χ0v) is 11.3. The highest BCUT2D eigenvalue weighted by Crippen LogP contribution is 2.19. The van der Waals surface area contributed by atoms with Gasteiger partial charge in [0.05, 0.1) is 6.61 Å². The number of carbonyl (C=O) groups excluding carboxylic acids is 3. The Morgan fingerprint density at radius 2 is 2.11 bits per heavy atom. The van der Waals surface area contributed by atoms with E-state index in [0.717, 1.165) is 12.8 Å². The van der Waals surface area contributed by atoms with Crippen molar-refractivity contribution in [2.24, 2.45) is 5.73 Å². The molecule has 0 aromatic rings. The van der Waals surface area contributed by atoms with Crippen LogP contribution in [0.1, 0.15) is 33.1 Å². The SMILES string of the molecule is CCOC(=O)C1CCCCN1C(=O)C(C)NC(N)=O. The van der Waals surface area contributed by atoms with Crippen molar-refractivity contribution in [3.05, 3.63) is 0 Å². The molecule has 19 heavy (non-hydrogen) atoms. The van der Waals surface area contributed by atoms with E-state index in [1.165, 1.54) is 4.90 Å². The number of hydrogen-bond donors (Lipinski definition) is 2. The molecule has 0 saturated carbocycles. The molecule has 3 N–H and O–H groups in total. The first-order chi connectivity index (χ1) is 8.97. The standard InChI is InChI=1S/C12H21N3O4/c1-3-19-11(17)9-6-4-5-7-15(9)10(16)8(2)14-12(13)18/h8-9H,3-7H2,1-2H3,(H3,13,14,18). The maximum absolute atomic E-state index is 12.2. The topological polar surface area (TPSA) is 102 Å². The number of rotatable bonds is 4. The molecular weight excluding hydrogens is 250 g/mol. The van der Waals surface area contributed by atoms with Crippen LogP contribution in [0.3, 0.4) is 0 Å². The number of hydrogen-bond acceptors (Lipinski definition) is 4. The van der Waals surface area contributed by atoms with Gasteiger partial charge in [0.25, 0.3) is 0 Å². The van der Waals surface area contributed by atoms with E-state index in [9.17, 15) is 14.4 Å². The minimum atomic E-state index is -0.759. The Bertz CT molecular complexity index is 359. The zero-order chi connectivity index (χ0) is 14.4. The lowest BCUT2D eigenvalue weighted by Gasteiger charge is -2.35. The number of nitrogens with one attached hydrogen (secondary N) is 1. The molecule has 108 valence electrons. The van der Waals surface area contributed by atoms with Gasteiger partial charge in [-0.2, -0.15) is 0 Å². The summed E-state index contributed by atoms with van der Waals surface area (Å²) in [4.78, 5) is 36.3. The molecule has 0 spiro atoms. The van der Waals surface area contributed by atoms with Gasteiger partial charge in [-0.05, 0) is 33.1 Å². The molecule has 0 aromatic heterocycles. The highest BCUT2D eigenvalue weighted by Gasteiger charge is 2.35. The Morgan fingerprint density at radius 3 is 2.68 bits per heavy atom. The Kier molecular flexibility index (Phi) is 5.59. The second-order valence-corrected chi connectivity index (χ2v) is 4.53. The first kappa shape index (κ1) is 15.3. The Labute approximate surface area is 112 Å². The second kappa shape index (κ2) is 6.96. The molecule has 0 aliphatic carbocycles. The minimum absolute atomic E-state index is 0.284. The van der Waals surface area contributed by atoms with Gasteiger partial charge in [-0.15, -0.1) is 0 Å². The number of primary amides is 1. The van der Waals surface area contributed by atoms with E-state index in [0.29, 0.717) is 13.0 Å². The average Bonchev–Trinajstić information content (AvgIpc) is 2.37. The molecule has 1 aliphatic rings. The fraction of sp³-hybridized carbons (Fsp3) is 0.750. The van der Waals surface area contributed by atoms with Crippen molar-refractivity contribution in [2.75, 3.05) is 13.2 Å². The van der Waals surface area contributed by atoms with E-state index in [4.69, 9.17) is 10.5 Å². The van der Waals surface area contributed by atoms with E-state index < -0.39 is 18.1 Å². The number of piperidine rings is 1. The fourth-order valence-electron chi connectivity index (χ4n) is 2.20. The lowest BCUT2D eigenvalue weighted by molar-refractivity contribution is -0.157. The molecule has 0 bridgehead atoms. The number of likely N-dealkylation sites (tertiary alicyclic amines) is 1. The molecule has 2 atom stereocenters. The van der Waals surface area contributed by atoms with Crippen molar-refractivity contribution in [3.8, 4) is 0 Å². The van der Waals surface area contributed by atoms with Crippen molar-refractivity contribution >= 4 is 17.9 Å². The first-order valence-electron chi connectivity index (χ1n) is 6.50. The number of urea groups is 1. The van der Waals surface area contributed by atoms with Crippen LogP contribution in [0.4, 0.5) is 4.79 Å². The predicted octanol–water partition coefficient (Wildman–Crippen LogP) is -0.0126. The van der Waals surface area contributed by atoms with Gasteiger partial charge >= 0.3 is 12.0 Å². The van der Waals surface area contributed by atoms with Crippen molar-refractivity contribution < 1.29 is 19.1 Å². The van der Waals surface area contributed by atoms with Crippen molar-refractivity contribution in [2.45, 2.75) is 45.2 Å². The quantitative estimate of drug-likeness (QED) is 0.702. The highest BCUT2D eigenvalue weighted by atomic mass is 16.5. The van der Waals surface area contributed by atoms with Crippen LogP contribution in [0.5, 0.6) is 0 Å². The van der Waals surface area contributed by atoms with Gasteiger partial charge in [0.2, 0.25) is 5.91 Å². The van der Waals surface area contributed by atoms with Crippen molar-refractivity contribution in [3.63, 3.8) is 0 Å². The average molecular weight is 271 g/mol. The molecule has 7 heteroatoms. The van der Waals surface area contributed by atoms with Gasteiger partial charge in [0.15, 0.2) is 0 Å². The zero-order valence-electron chi connectivity index (χ0n) is 11.3. The Morgan fingerprint density at radius 1 is 1.42 bits per heavy atom. The Balaban J connectivity index is 2.73. The van der Waals surface area contributed by atoms with Gasteiger partial charge < -0.3 is 20.7 Å². The first-order valence-corrected chi connectivity index (χ1v) is 6.50. The molecule has 1 fully saturated rings. The van der Waals surface area contributed by atoms with Crippen LogP contribution in [0.25, 0.3) is 0 Å². The van der Waals surface area contributed by atoms with Crippen LogP contribution >= 0.6 is 0 Å². The summed E-state index contributed by atoms with van der Waals surface area (Å²) in [5, 5.41) is 2.33. The van der Waals surface area contributed by atoms with E-state index >= 15 is 0 Å². The molecule has 2 unspecified atom stereocenters. The minimum Gasteiger partial charge on any atom is -0.464 e. The molecule has 1 saturated heterocycles. The third-order valence-electron chi connectivity index (χ3n) is 3.07. The molecule has 3 amide bonds. The summed E-state index contributed by atoms with van der Waals surface area (Å²) in [6.07, 6.45) is 2.31. The number of nitrogens with zero attached hydrogens (tertiary/aromatic N) is 1. The maximum Gasteiger partial charge on any atom is 0.328 e. The predicted molar refractivity (Wildman–Crippen MR) is 68.2 cm³/mol. The van der Waals surface area contributed by atoms with Crippen LogP contribution in [0, 0.1) is 0 Å². The normalized spacial score (nSPS) is 20.5. The molecule has 1 heterocycles. The number of ether oxygens (including phenoxy) is 1. The largest absolute Gasteiger partial charge is 0.464 e. The monoisotopic (exact) mass is 271 g/mol. The fourth-order valence-corrected chi connectivity index (χ4v) is 2.20. The summed E-state index contributed by atoms with van der Waals surface area (Å²) in [5.74, 6) is -0.696. The van der Waals surface area contributed by atoms with Gasteiger partial charge in [0.1, 0.15) is 12.1 Å². The van der Waals surface area contributed by atoms with Gasteiger partial charge in [-0.25, -0.2) is 9.59 Å². The van der Waals surface area contributed by atoms with Crippen LogP contribution < -0.4 is 11.1 Å². The van der Waals surface area contributed by atoms with Gasteiger partial charge in [0, 0.05) is 6.54 Å². The Hall–Kier alpha value is -1.79. The molecule has 0 radical (unpaired) electrons. The van der Waals surface area contributed by atoms with Crippen LogP contribution in [0.15, 0.2) is 0 Å². The molecule has 1 aliphatic heterocycles. The summed E-state index contributed by atoms with van der Waals surface area (Å²) in [6, 6.07) is -2.06. The third-order valence-corrected chi connectivity index (χ3v) is 3.07. The number of esters is 1. The highest BCUT2D eigenvalue weighted by molar-refractivity contribution is 5.90. The second-order valence-electron chi connectivity index (χ2n) is 4.53. The van der Waals surface area contributed by atoms with Crippen molar-refractivity contribution in [1.82, 2.24) is 10.2 Å². The third kappa shape index (κ3) is 4.11. The van der Waals surface area contributed by atoms with Crippen molar-refractivity contribution in [1.29, 1.82) is 0 Å². The van der Waals surface area contributed by atoms with Crippen LogP contribution in [-0.2, 0) is 14.3 Å². The van der Waals surface area contributed by atoms with E-state index in [1.807, 2.05) is 0 Å².